The Hall–Kier alpha value is -2.33. The summed E-state index contributed by atoms with van der Waals surface area (Å²) < 4.78 is 0. The third kappa shape index (κ3) is 2.07. The molecule has 0 radical (unpaired) electrons. The van der Waals surface area contributed by atoms with Crippen molar-refractivity contribution in [2.24, 2.45) is 0 Å². The minimum absolute atomic E-state index is 0.0898. The molecule has 22 heavy (non-hydrogen) atoms. The van der Waals surface area contributed by atoms with Gasteiger partial charge < -0.3 is 9.88 Å². The lowest BCUT2D eigenvalue weighted by Gasteiger charge is -2.40. The molecule has 1 aromatic heterocycles. The second-order valence-electron chi connectivity index (χ2n) is 6.05. The zero-order valence-corrected chi connectivity index (χ0v) is 12.8. The maximum Gasteiger partial charge on any atom is 0.327 e. The second-order valence-corrected chi connectivity index (χ2v) is 6.05. The van der Waals surface area contributed by atoms with Crippen LogP contribution in [0.3, 0.4) is 0 Å². The Morgan fingerprint density at radius 3 is 2.50 bits per heavy atom. The van der Waals surface area contributed by atoms with Gasteiger partial charge in [-0.05, 0) is 24.5 Å². The van der Waals surface area contributed by atoms with Crippen LogP contribution in [0.1, 0.15) is 24.1 Å². The van der Waals surface area contributed by atoms with Crippen molar-refractivity contribution < 1.29 is 9.59 Å². The molecule has 0 bridgehead atoms. The fourth-order valence-electron chi connectivity index (χ4n) is 3.43. The van der Waals surface area contributed by atoms with Crippen LogP contribution < -0.4 is 0 Å². The maximum atomic E-state index is 12.4. The van der Waals surface area contributed by atoms with Crippen molar-refractivity contribution in [1.29, 1.82) is 5.26 Å². The van der Waals surface area contributed by atoms with Crippen LogP contribution in [0, 0.1) is 11.3 Å². The molecular formula is C15H19N5O2. The largest absolute Gasteiger partial charge is 0.353 e. The van der Waals surface area contributed by atoms with Crippen molar-refractivity contribution in [3.05, 3.63) is 23.5 Å². The molecule has 3 amide bonds. The minimum atomic E-state index is -0.668. The molecule has 2 aliphatic rings. The number of piperidine rings is 1. The van der Waals surface area contributed by atoms with Crippen molar-refractivity contribution in [2.75, 3.05) is 27.2 Å². The van der Waals surface area contributed by atoms with E-state index in [9.17, 15) is 9.59 Å². The molecule has 1 spiro atoms. The van der Waals surface area contributed by atoms with Gasteiger partial charge in [0.05, 0.1) is 0 Å². The van der Waals surface area contributed by atoms with Crippen LogP contribution in [-0.4, -0.2) is 64.3 Å². The number of nitriles is 1. The highest BCUT2D eigenvalue weighted by atomic mass is 16.2. The molecule has 0 unspecified atom stereocenters. The molecule has 0 saturated carbocycles. The number of hydrogen-bond donors (Lipinski definition) is 1. The number of urea groups is 1. The van der Waals surface area contributed by atoms with Gasteiger partial charge in [0.2, 0.25) is 0 Å². The van der Waals surface area contributed by atoms with Crippen LogP contribution in [0.2, 0.25) is 0 Å². The third-order valence-corrected chi connectivity index (χ3v) is 4.87. The summed E-state index contributed by atoms with van der Waals surface area (Å²) in [6.45, 7) is 2.25. The number of imide groups is 1. The number of rotatable bonds is 2. The van der Waals surface area contributed by atoms with Gasteiger partial charge >= 0.3 is 6.03 Å². The fraction of sp³-hybridized carbons (Fsp3) is 0.533. The number of aromatic nitrogens is 1. The molecule has 2 aliphatic heterocycles. The molecule has 1 aromatic rings. The van der Waals surface area contributed by atoms with Gasteiger partial charge in [-0.3, -0.25) is 14.6 Å². The lowest BCUT2D eigenvalue weighted by Crippen LogP contribution is -2.55. The van der Waals surface area contributed by atoms with E-state index in [2.05, 4.69) is 16.0 Å². The van der Waals surface area contributed by atoms with Gasteiger partial charge in [-0.15, -0.1) is 0 Å². The van der Waals surface area contributed by atoms with Crippen molar-refractivity contribution >= 4 is 11.9 Å². The monoisotopic (exact) mass is 301 g/mol. The smallest absolute Gasteiger partial charge is 0.327 e. The van der Waals surface area contributed by atoms with E-state index in [1.54, 1.807) is 19.0 Å². The number of likely N-dealkylation sites (tertiary alicyclic amines) is 1. The summed E-state index contributed by atoms with van der Waals surface area (Å²) in [5, 5.41) is 8.83. The van der Waals surface area contributed by atoms with Crippen molar-refractivity contribution in [3.8, 4) is 6.07 Å². The summed E-state index contributed by atoms with van der Waals surface area (Å²) in [5.41, 5.74) is 0.950. The number of likely N-dealkylation sites (N-methyl/N-ethyl adjacent to an activating group) is 2. The Morgan fingerprint density at radius 1 is 1.32 bits per heavy atom. The zero-order valence-electron chi connectivity index (χ0n) is 12.8. The van der Waals surface area contributed by atoms with Crippen molar-refractivity contribution in [3.63, 3.8) is 0 Å². The standard InChI is InChI=1S/C15H19N5O2/c1-18-13(21)15(19(2)14(18)22)3-5-20(6-4-15)10-11-7-12(8-16)17-9-11/h7,9,17H,3-6,10H2,1-2H3. The first-order chi connectivity index (χ1) is 10.5. The molecule has 2 saturated heterocycles. The van der Waals surface area contributed by atoms with E-state index in [-0.39, 0.29) is 11.9 Å². The number of aromatic amines is 1. The van der Waals surface area contributed by atoms with Crippen molar-refractivity contribution in [2.45, 2.75) is 24.9 Å². The highest BCUT2D eigenvalue weighted by Gasteiger charge is 2.55. The van der Waals surface area contributed by atoms with Crippen molar-refractivity contribution in [1.82, 2.24) is 19.7 Å². The van der Waals surface area contributed by atoms with Crippen LogP contribution in [0.25, 0.3) is 0 Å². The van der Waals surface area contributed by atoms with E-state index in [1.165, 1.54) is 4.90 Å². The zero-order chi connectivity index (χ0) is 15.9. The van der Waals surface area contributed by atoms with Crippen LogP contribution in [0.5, 0.6) is 0 Å². The van der Waals surface area contributed by atoms with Gasteiger partial charge in [-0.2, -0.15) is 5.26 Å². The summed E-state index contributed by atoms with van der Waals surface area (Å²) in [6.07, 6.45) is 3.13. The van der Waals surface area contributed by atoms with Gasteiger partial charge in [0.25, 0.3) is 5.91 Å². The molecule has 7 heteroatoms. The Balaban J connectivity index is 1.66. The second kappa shape index (κ2) is 5.14. The van der Waals surface area contributed by atoms with Gasteiger partial charge in [-0.25, -0.2) is 4.79 Å². The SMILES string of the molecule is CN1C(=O)N(C)C2(CCN(Cc3c[nH]c(C#N)c3)CC2)C1=O. The number of H-pyrrole nitrogens is 1. The summed E-state index contributed by atoms with van der Waals surface area (Å²) >= 11 is 0. The van der Waals surface area contributed by atoms with E-state index >= 15 is 0 Å². The van der Waals surface area contributed by atoms with Gasteiger partial charge in [0, 0.05) is 39.9 Å². The van der Waals surface area contributed by atoms with E-state index in [0.717, 1.165) is 25.2 Å². The highest BCUT2D eigenvalue weighted by Crippen LogP contribution is 2.35. The summed E-state index contributed by atoms with van der Waals surface area (Å²) in [4.78, 5) is 32.4. The molecule has 0 aromatic carbocycles. The fourth-order valence-corrected chi connectivity index (χ4v) is 3.43. The molecule has 7 nitrogen and oxygen atoms in total. The molecular weight excluding hydrogens is 282 g/mol. The molecule has 2 fully saturated rings. The molecule has 0 aliphatic carbocycles. The third-order valence-electron chi connectivity index (χ3n) is 4.87. The Kier molecular flexibility index (Phi) is 3.41. The lowest BCUT2D eigenvalue weighted by molar-refractivity contribution is -0.134. The normalized spacial score (nSPS) is 21.7. The summed E-state index contributed by atoms with van der Waals surface area (Å²) in [7, 11) is 3.26. The van der Waals surface area contributed by atoms with Crippen LogP contribution in [0.4, 0.5) is 4.79 Å². The first-order valence-electron chi connectivity index (χ1n) is 7.33. The summed E-state index contributed by atoms with van der Waals surface area (Å²) in [6, 6.07) is 3.70. The van der Waals surface area contributed by atoms with Crippen LogP contribution in [0.15, 0.2) is 12.3 Å². The Morgan fingerprint density at radius 2 is 2.00 bits per heavy atom. The highest BCUT2D eigenvalue weighted by molar-refractivity contribution is 6.06. The Labute approximate surface area is 129 Å². The number of hydrogen-bond acceptors (Lipinski definition) is 4. The van der Waals surface area contributed by atoms with E-state index in [1.807, 2.05) is 12.3 Å². The average Bonchev–Trinajstić information content (AvgIpc) is 3.05. The quantitative estimate of drug-likeness (QED) is 0.817. The van der Waals surface area contributed by atoms with Gasteiger partial charge in [0.1, 0.15) is 17.3 Å². The molecule has 1 N–H and O–H groups in total. The first-order valence-corrected chi connectivity index (χ1v) is 7.33. The first kappa shape index (κ1) is 14.6. The number of nitrogens with zero attached hydrogens (tertiary/aromatic N) is 4. The van der Waals surface area contributed by atoms with E-state index < -0.39 is 5.54 Å². The Bertz CT molecular complexity index is 651. The number of nitrogens with one attached hydrogen (secondary N) is 1. The van der Waals surface area contributed by atoms with Crippen LogP contribution in [-0.2, 0) is 11.3 Å². The van der Waals surface area contributed by atoms with Crippen LogP contribution >= 0.6 is 0 Å². The molecule has 3 heterocycles. The predicted molar refractivity (Wildman–Crippen MR) is 78.7 cm³/mol. The molecule has 3 rings (SSSR count). The topological polar surface area (TPSA) is 83.4 Å². The molecule has 116 valence electrons. The maximum absolute atomic E-state index is 12.4. The minimum Gasteiger partial charge on any atom is -0.353 e. The number of amides is 3. The number of carbonyl (C=O) groups is 2. The van der Waals surface area contributed by atoms with E-state index in [0.29, 0.717) is 18.5 Å². The van der Waals surface area contributed by atoms with E-state index in [4.69, 9.17) is 5.26 Å². The summed E-state index contributed by atoms with van der Waals surface area (Å²) in [5.74, 6) is -0.0898. The molecule has 0 atom stereocenters. The number of carbonyl (C=O) groups excluding carboxylic acids is 2. The predicted octanol–water partition coefficient (Wildman–Crippen LogP) is 0.745. The van der Waals surface area contributed by atoms with Gasteiger partial charge in [0.15, 0.2) is 0 Å². The van der Waals surface area contributed by atoms with Gasteiger partial charge in [-0.1, -0.05) is 0 Å². The lowest BCUT2D eigenvalue weighted by atomic mass is 9.86. The average molecular weight is 301 g/mol.